The number of nitrogens with zero attached hydrogens (tertiary/aromatic N) is 1. The van der Waals surface area contributed by atoms with E-state index in [-0.39, 0.29) is 17.9 Å². The highest BCUT2D eigenvalue weighted by molar-refractivity contribution is 6.05. The lowest BCUT2D eigenvalue weighted by Crippen LogP contribution is -2.36. The Hall–Kier alpha value is -1.84. The van der Waals surface area contributed by atoms with E-state index in [0.29, 0.717) is 18.5 Å². The first-order valence-corrected chi connectivity index (χ1v) is 8.46. The first kappa shape index (κ1) is 15.1. The second-order valence-electron chi connectivity index (χ2n) is 6.33. The van der Waals surface area contributed by atoms with Crippen LogP contribution >= 0.6 is 0 Å². The Labute approximate surface area is 131 Å². The van der Waals surface area contributed by atoms with Crippen LogP contribution in [0.5, 0.6) is 0 Å². The summed E-state index contributed by atoms with van der Waals surface area (Å²) in [6.07, 6.45) is 8.51. The van der Waals surface area contributed by atoms with Crippen molar-refractivity contribution in [3.63, 3.8) is 0 Å². The molecule has 118 valence electrons. The van der Waals surface area contributed by atoms with Gasteiger partial charge in [-0.3, -0.25) is 9.59 Å². The predicted molar refractivity (Wildman–Crippen MR) is 87.0 cm³/mol. The summed E-state index contributed by atoms with van der Waals surface area (Å²) in [4.78, 5) is 26.4. The molecule has 3 rings (SSSR count). The van der Waals surface area contributed by atoms with Crippen LogP contribution in [-0.4, -0.2) is 24.4 Å². The number of hydrogen-bond donors (Lipinski definition) is 1. The molecule has 0 unspecified atom stereocenters. The molecule has 0 radical (unpaired) electrons. The van der Waals surface area contributed by atoms with Crippen LogP contribution in [0.4, 0.5) is 5.69 Å². The zero-order valence-corrected chi connectivity index (χ0v) is 13.0. The van der Waals surface area contributed by atoms with E-state index in [1.165, 1.54) is 25.7 Å². The lowest BCUT2D eigenvalue weighted by atomic mass is 10.1. The number of benzene rings is 1. The van der Waals surface area contributed by atoms with Gasteiger partial charge in [-0.25, -0.2) is 0 Å². The molecule has 2 fully saturated rings. The fraction of sp³-hybridized carbons (Fsp3) is 0.556. The Morgan fingerprint density at radius 1 is 1.05 bits per heavy atom. The van der Waals surface area contributed by atoms with Gasteiger partial charge in [-0.2, -0.15) is 0 Å². The topological polar surface area (TPSA) is 49.4 Å². The summed E-state index contributed by atoms with van der Waals surface area (Å²) >= 11 is 0. The molecule has 1 aromatic carbocycles. The monoisotopic (exact) mass is 300 g/mol. The van der Waals surface area contributed by atoms with Crippen LogP contribution < -0.4 is 10.2 Å². The van der Waals surface area contributed by atoms with Gasteiger partial charge in [0.2, 0.25) is 5.91 Å². The molecule has 4 heteroatoms. The molecule has 2 aliphatic rings. The molecule has 1 aromatic rings. The zero-order chi connectivity index (χ0) is 15.4. The van der Waals surface area contributed by atoms with Crippen LogP contribution in [-0.2, 0) is 4.79 Å². The van der Waals surface area contributed by atoms with Gasteiger partial charge in [0, 0.05) is 19.0 Å². The fourth-order valence-electron chi connectivity index (χ4n) is 3.49. The molecule has 0 spiro atoms. The second-order valence-corrected chi connectivity index (χ2v) is 6.33. The van der Waals surface area contributed by atoms with Crippen LogP contribution in [0.2, 0.25) is 0 Å². The van der Waals surface area contributed by atoms with E-state index in [0.717, 1.165) is 24.9 Å². The van der Waals surface area contributed by atoms with Crippen molar-refractivity contribution in [1.82, 2.24) is 5.32 Å². The standard InChI is InChI=1S/C18H24N2O2/c21-17-12-7-13-20(17)16-11-6-5-10-15(16)18(22)19-14-8-3-1-2-4-9-14/h5-6,10-11,14H,1-4,7-9,12-13H2,(H,19,22). The molecule has 2 amide bonds. The van der Waals surface area contributed by atoms with E-state index in [1.807, 2.05) is 24.3 Å². The van der Waals surface area contributed by atoms with Crippen LogP contribution in [0.15, 0.2) is 24.3 Å². The maximum atomic E-state index is 12.7. The van der Waals surface area contributed by atoms with Crippen molar-refractivity contribution in [2.75, 3.05) is 11.4 Å². The molecule has 1 saturated heterocycles. The SMILES string of the molecule is O=C(NC1CCCCCC1)c1ccccc1N1CCCC1=O. The smallest absolute Gasteiger partial charge is 0.253 e. The molecule has 0 bridgehead atoms. The lowest BCUT2D eigenvalue weighted by molar-refractivity contribution is -0.117. The van der Waals surface area contributed by atoms with Crippen LogP contribution in [0.1, 0.15) is 61.7 Å². The largest absolute Gasteiger partial charge is 0.349 e. The van der Waals surface area contributed by atoms with E-state index in [9.17, 15) is 9.59 Å². The molecule has 1 saturated carbocycles. The Kier molecular flexibility index (Phi) is 4.76. The molecule has 22 heavy (non-hydrogen) atoms. The van der Waals surface area contributed by atoms with Gasteiger partial charge in [-0.05, 0) is 31.4 Å². The summed E-state index contributed by atoms with van der Waals surface area (Å²) in [7, 11) is 0. The first-order valence-electron chi connectivity index (χ1n) is 8.46. The Balaban J connectivity index is 1.75. The van der Waals surface area contributed by atoms with Crippen molar-refractivity contribution in [1.29, 1.82) is 0 Å². The maximum Gasteiger partial charge on any atom is 0.253 e. The van der Waals surface area contributed by atoms with E-state index < -0.39 is 0 Å². The second kappa shape index (κ2) is 6.95. The van der Waals surface area contributed by atoms with E-state index in [1.54, 1.807) is 4.90 Å². The average Bonchev–Trinajstić information content (AvgIpc) is 2.80. The van der Waals surface area contributed by atoms with Gasteiger partial charge in [-0.15, -0.1) is 0 Å². The predicted octanol–water partition coefficient (Wildman–Crippen LogP) is 3.27. The number of anilines is 1. The van der Waals surface area contributed by atoms with E-state index in [2.05, 4.69) is 5.32 Å². The molecule has 1 aliphatic carbocycles. The van der Waals surface area contributed by atoms with E-state index in [4.69, 9.17) is 0 Å². The molecular formula is C18H24N2O2. The van der Waals surface area contributed by atoms with Crippen LogP contribution in [0, 0.1) is 0 Å². The number of nitrogens with one attached hydrogen (secondary N) is 1. The minimum absolute atomic E-state index is 0.0396. The number of carbonyl (C=O) groups excluding carboxylic acids is 2. The van der Waals surface area contributed by atoms with E-state index >= 15 is 0 Å². The molecule has 0 aromatic heterocycles. The average molecular weight is 300 g/mol. The Morgan fingerprint density at radius 3 is 2.45 bits per heavy atom. The number of rotatable bonds is 3. The minimum Gasteiger partial charge on any atom is -0.349 e. The summed E-state index contributed by atoms with van der Waals surface area (Å²) in [6.45, 7) is 0.715. The number of para-hydroxylation sites is 1. The summed E-state index contributed by atoms with van der Waals surface area (Å²) in [5.74, 6) is 0.0805. The Bertz CT molecular complexity index is 548. The summed E-state index contributed by atoms with van der Waals surface area (Å²) in [5, 5.41) is 3.18. The highest BCUT2D eigenvalue weighted by Crippen LogP contribution is 2.26. The van der Waals surface area contributed by atoms with Gasteiger partial charge in [-0.1, -0.05) is 37.8 Å². The first-order chi connectivity index (χ1) is 10.8. The molecule has 0 atom stereocenters. The van der Waals surface area contributed by atoms with Crippen molar-refractivity contribution >= 4 is 17.5 Å². The molecule has 1 heterocycles. The molecular weight excluding hydrogens is 276 g/mol. The zero-order valence-electron chi connectivity index (χ0n) is 13.0. The number of carbonyl (C=O) groups is 2. The highest BCUT2D eigenvalue weighted by Gasteiger charge is 2.26. The highest BCUT2D eigenvalue weighted by atomic mass is 16.2. The fourth-order valence-corrected chi connectivity index (χ4v) is 3.49. The van der Waals surface area contributed by atoms with Crippen LogP contribution in [0.25, 0.3) is 0 Å². The third-order valence-corrected chi connectivity index (χ3v) is 4.70. The van der Waals surface area contributed by atoms with Gasteiger partial charge in [0.1, 0.15) is 0 Å². The van der Waals surface area contributed by atoms with Crippen molar-refractivity contribution in [3.8, 4) is 0 Å². The molecule has 1 N–H and O–H groups in total. The van der Waals surface area contributed by atoms with Crippen molar-refractivity contribution < 1.29 is 9.59 Å². The third kappa shape index (κ3) is 3.32. The van der Waals surface area contributed by atoms with Crippen LogP contribution in [0.3, 0.4) is 0 Å². The number of amides is 2. The molecule has 4 nitrogen and oxygen atoms in total. The summed E-state index contributed by atoms with van der Waals surface area (Å²) in [5.41, 5.74) is 1.39. The van der Waals surface area contributed by atoms with Gasteiger partial charge in [0.15, 0.2) is 0 Å². The normalized spacial score (nSPS) is 20.0. The van der Waals surface area contributed by atoms with Gasteiger partial charge in [0.05, 0.1) is 11.3 Å². The maximum absolute atomic E-state index is 12.7. The van der Waals surface area contributed by atoms with Gasteiger partial charge in [0.25, 0.3) is 5.91 Å². The summed E-state index contributed by atoms with van der Waals surface area (Å²) < 4.78 is 0. The van der Waals surface area contributed by atoms with Gasteiger partial charge < -0.3 is 10.2 Å². The summed E-state index contributed by atoms with van der Waals surface area (Å²) in [6, 6.07) is 7.74. The van der Waals surface area contributed by atoms with Crippen molar-refractivity contribution in [2.24, 2.45) is 0 Å². The quantitative estimate of drug-likeness (QED) is 0.871. The van der Waals surface area contributed by atoms with Crippen molar-refractivity contribution in [3.05, 3.63) is 29.8 Å². The van der Waals surface area contributed by atoms with Crippen molar-refractivity contribution in [2.45, 2.75) is 57.4 Å². The third-order valence-electron chi connectivity index (χ3n) is 4.70. The molecule has 1 aliphatic heterocycles. The lowest BCUT2D eigenvalue weighted by Gasteiger charge is -2.21. The number of hydrogen-bond acceptors (Lipinski definition) is 2. The Morgan fingerprint density at radius 2 is 1.77 bits per heavy atom. The van der Waals surface area contributed by atoms with Gasteiger partial charge >= 0.3 is 0 Å². The minimum atomic E-state index is -0.0396.